The van der Waals surface area contributed by atoms with Crippen molar-refractivity contribution >= 4 is 0 Å². The number of nitrogens with zero attached hydrogens (tertiary/aromatic N) is 5. The third kappa shape index (κ3) is 3.85. The molecule has 3 heterocycles. The molecular weight excluding hydrogens is 296 g/mol. The van der Waals surface area contributed by atoms with Gasteiger partial charge in [0, 0.05) is 19.9 Å². The van der Waals surface area contributed by atoms with Gasteiger partial charge in [0.25, 0.3) is 0 Å². The third-order valence-corrected chi connectivity index (χ3v) is 3.50. The second-order valence-electron chi connectivity index (χ2n) is 5.34. The predicted octanol–water partition coefficient (Wildman–Crippen LogP) is 1.54. The van der Waals surface area contributed by atoms with E-state index in [1.807, 2.05) is 29.8 Å². The Hall–Kier alpha value is -2.45. The Labute approximate surface area is 134 Å². The van der Waals surface area contributed by atoms with E-state index in [-0.39, 0.29) is 0 Å². The maximum atomic E-state index is 5.84. The molecule has 0 fully saturated rings. The molecule has 0 aliphatic carbocycles. The molecule has 1 N–H and O–H groups in total. The van der Waals surface area contributed by atoms with Crippen LogP contribution < -0.4 is 0 Å². The molecule has 3 aromatic rings. The van der Waals surface area contributed by atoms with Crippen LogP contribution in [0.3, 0.4) is 0 Å². The van der Waals surface area contributed by atoms with E-state index >= 15 is 0 Å². The fourth-order valence-electron chi connectivity index (χ4n) is 2.34. The highest BCUT2D eigenvalue weighted by molar-refractivity contribution is 5.51. The molecule has 0 aliphatic rings. The number of H-pyrrole nitrogens is 1. The Morgan fingerprint density at radius 2 is 2.22 bits per heavy atom. The lowest BCUT2D eigenvalue weighted by molar-refractivity contribution is 0.184. The summed E-state index contributed by atoms with van der Waals surface area (Å²) in [6, 6.07) is 5.80. The number of aromatic amines is 1. The van der Waals surface area contributed by atoms with Gasteiger partial charge in [-0.3, -0.25) is 10.00 Å². The van der Waals surface area contributed by atoms with E-state index in [1.165, 1.54) is 0 Å². The number of ether oxygens (including phenoxy) is 1. The van der Waals surface area contributed by atoms with Crippen LogP contribution in [0.5, 0.6) is 0 Å². The lowest BCUT2D eigenvalue weighted by Crippen LogP contribution is -2.20. The number of hydrogen-bond donors (Lipinski definition) is 1. The molecule has 8 heteroatoms. The largest absolute Gasteiger partial charge is 0.458 e. The Morgan fingerprint density at radius 3 is 3.00 bits per heavy atom. The Balaban J connectivity index is 1.59. The van der Waals surface area contributed by atoms with E-state index in [1.54, 1.807) is 19.6 Å². The van der Waals surface area contributed by atoms with Crippen LogP contribution in [0.2, 0.25) is 0 Å². The first kappa shape index (κ1) is 15.4. The molecule has 0 atom stereocenters. The molecule has 8 nitrogen and oxygen atoms in total. The van der Waals surface area contributed by atoms with Gasteiger partial charge in [-0.2, -0.15) is 5.10 Å². The van der Waals surface area contributed by atoms with Gasteiger partial charge in [-0.25, -0.2) is 0 Å². The summed E-state index contributed by atoms with van der Waals surface area (Å²) in [6.45, 7) is 2.76. The summed E-state index contributed by atoms with van der Waals surface area (Å²) < 4.78 is 12.9. The van der Waals surface area contributed by atoms with Crippen LogP contribution in [0.15, 0.2) is 35.1 Å². The van der Waals surface area contributed by atoms with Crippen LogP contribution >= 0.6 is 0 Å². The lowest BCUT2D eigenvalue weighted by atomic mass is 10.3. The van der Waals surface area contributed by atoms with Crippen molar-refractivity contribution < 1.29 is 9.15 Å². The van der Waals surface area contributed by atoms with Gasteiger partial charge in [-0.15, -0.1) is 10.2 Å². The minimum absolute atomic E-state index is 0.639. The molecular formula is C15H20N6O2. The molecule has 0 saturated heterocycles. The van der Waals surface area contributed by atoms with E-state index in [2.05, 4.69) is 25.3 Å². The van der Waals surface area contributed by atoms with Crippen molar-refractivity contribution in [2.24, 2.45) is 0 Å². The number of rotatable bonds is 8. The summed E-state index contributed by atoms with van der Waals surface area (Å²) >= 11 is 0. The molecule has 23 heavy (non-hydrogen) atoms. The van der Waals surface area contributed by atoms with Gasteiger partial charge in [0.05, 0.1) is 19.7 Å². The average Bonchev–Trinajstić information content (AvgIpc) is 3.26. The highest BCUT2D eigenvalue weighted by Gasteiger charge is 2.11. The van der Waals surface area contributed by atoms with E-state index < -0.39 is 0 Å². The zero-order valence-corrected chi connectivity index (χ0v) is 13.3. The van der Waals surface area contributed by atoms with Crippen molar-refractivity contribution in [3.05, 3.63) is 42.3 Å². The zero-order valence-electron chi connectivity index (χ0n) is 13.3. The molecule has 0 spiro atoms. The van der Waals surface area contributed by atoms with Gasteiger partial charge in [-0.05, 0) is 25.2 Å². The molecule has 0 unspecified atom stereocenters. The number of furan rings is 1. The lowest BCUT2D eigenvalue weighted by Gasteiger charge is -2.15. The zero-order chi connectivity index (χ0) is 16.1. The molecule has 3 rings (SSSR count). The quantitative estimate of drug-likeness (QED) is 0.678. The number of hydrogen-bond acceptors (Lipinski definition) is 6. The summed E-state index contributed by atoms with van der Waals surface area (Å²) in [5, 5.41) is 15.0. The molecule has 0 radical (unpaired) electrons. The molecule has 0 bridgehead atoms. The normalized spacial score (nSPS) is 11.4. The van der Waals surface area contributed by atoms with Crippen LogP contribution in [-0.2, 0) is 24.4 Å². The molecule has 0 amide bonds. The summed E-state index contributed by atoms with van der Waals surface area (Å²) in [7, 11) is 3.71. The SMILES string of the molecule is COCCn1cnnc1CN(C)Cc1ccc(-c2ccn[nH]2)o1. The van der Waals surface area contributed by atoms with Crippen LogP contribution in [0.1, 0.15) is 11.6 Å². The van der Waals surface area contributed by atoms with Gasteiger partial charge in [-0.1, -0.05) is 0 Å². The first-order valence-electron chi connectivity index (χ1n) is 7.39. The van der Waals surface area contributed by atoms with Crippen molar-refractivity contribution in [3.63, 3.8) is 0 Å². The van der Waals surface area contributed by atoms with Crippen molar-refractivity contribution in [1.82, 2.24) is 29.9 Å². The van der Waals surface area contributed by atoms with Gasteiger partial charge < -0.3 is 13.7 Å². The van der Waals surface area contributed by atoms with Gasteiger partial charge >= 0.3 is 0 Å². The van der Waals surface area contributed by atoms with E-state index in [9.17, 15) is 0 Å². The molecule has 122 valence electrons. The smallest absolute Gasteiger partial charge is 0.152 e. The average molecular weight is 316 g/mol. The molecule has 0 aromatic carbocycles. The summed E-state index contributed by atoms with van der Waals surface area (Å²) in [4.78, 5) is 2.13. The summed E-state index contributed by atoms with van der Waals surface area (Å²) in [5.41, 5.74) is 0.873. The molecule has 0 saturated carbocycles. The van der Waals surface area contributed by atoms with Crippen LogP contribution in [0.4, 0.5) is 0 Å². The van der Waals surface area contributed by atoms with Crippen LogP contribution in [-0.4, -0.2) is 50.6 Å². The van der Waals surface area contributed by atoms with Gasteiger partial charge in [0.2, 0.25) is 0 Å². The van der Waals surface area contributed by atoms with Crippen LogP contribution in [0.25, 0.3) is 11.5 Å². The topological polar surface area (TPSA) is 85.0 Å². The van der Waals surface area contributed by atoms with E-state index in [4.69, 9.17) is 9.15 Å². The first-order valence-corrected chi connectivity index (χ1v) is 7.39. The standard InChI is InChI=1S/C15H20N6O2/c1-20(10-15-19-17-11-21(15)7-8-22-2)9-12-3-4-14(23-12)13-5-6-16-18-13/h3-6,11H,7-10H2,1-2H3,(H,16,18). The second kappa shape index (κ2) is 7.21. The minimum Gasteiger partial charge on any atom is -0.458 e. The van der Waals surface area contributed by atoms with E-state index in [0.29, 0.717) is 19.7 Å². The Kier molecular flexibility index (Phi) is 4.84. The van der Waals surface area contributed by atoms with Crippen LogP contribution in [0, 0.1) is 0 Å². The predicted molar refractivity (Wildman–Crippen MR) is 83.4 cm³/mol. The number of nitrogens with one attached hydrogen (secondary N) is 1. The summed E-state index contributed by atoms with van der Waals surface area (Å²) in [5.74, 6) is 2.58. The van der Waals surface area contributed by atoms with Crippen molar-refractivity contribution in [2.75, 3.05) is 20.8 Å². The highest BCUT2D eigenvalue weighted by Crippen LogP contribution is 2.20. The summed E-state index contributed by atoms with van der Waals surface area (Å²) in [6.07, 6.45) is 3.43. The fourth-order valence-corrected chi connectivity index (χ4v) is 2.34. The molecule has 3 aromatic heterocycles. The maximum absolute atomic E-state index is 5.84. The van der Waals surface area contributed by atoms with Crippen molar-refractivity contribution in [3.8, 4) is 11.5 Å². The van der Waals surface area contributed by atoms with Crippen molar-refractivity contribution in [1.29, 1.82) is 0 Å². The second-order valence-corrected chi connectivity index (χ2v) is 5.34. The third-order valence-electron chi connectivity index (χ3n) is 3.50. The fraction of sp³-hybridized carbons (Fsp3) is 0.400. The van der Waals surface area contributed by atoms with E-state index in [0.717, 1.165) is 29.6 Å². The monoisotopic (exact) mass is 316 g/mol. The Morgan fingerprint density at radius 1 is 1.30 bits per heavy atom. The van der Waals surface area contributed by atoms with Gasteiger partial charge in [0.1, 0.15) is 23.6 Å². The molecule has 0 aliphatic heterocycles. The highest BCUT2D eigenvalue weighted by atomic mass is 16.5. The minimum atomic E-state index is 0.639. The van der Waals surface area contributed by atoms with Gasteiger partial charge in [0.15, 0.2) is 5.76 Å². The van der Waals surface area contributed by atoms with Crippen molar-refractivity contribution in [2.45, 2.75) is 19.6 Å². The first-order chi connectivity index (χ1) is 11.3. The number of methoxy groups -OCH3 is 1. The Bertz CT molecular complexity index is 718. The number of aromatic nitrogens is 5. The maximum Gasteiger partial charge on any atom is 0.152 e.